The van der Waals surface area contributed by atoms with Crippen LogP contribution in [0.3, 0.4) is 0 Å². The number of urea groups is 1. The number of hydrogen-bond acceptors (Lipinski definition) is 3. The van der Waals surface area contributed by atoms with E-state index in [9.17, 15) is 13.2 Å². The lowest BCUT2D eigenvalue weighted by Crippen LogP contribution is -2.28. The van der Waals surface area contributed by atoms with E-state index in [4.69, 9.17) is 22.3 Å². The summed E-state index contributed by atoms with van der Waals surface area (Å²) in [6.07, 6.45) is 0. The van der Waals surface area contributed by atoms with Crippen LogP contribution in [-0.4, -0.2) is 21.0 Å². The molecule has 0 saturated heterocycles. The standard InChI is InChI=1S/C9H10Cl2N2O3S/c1-2-12-9(14)13-6-3-4-8(7(10)5-6)17(11,15)16/h3-5H,2H2,1H3,(H2,12,13,14). The molecule has 1 aromatic rings. The highest BCUT2D eigenvalue weighted by atomic mass is 35.7. The molecule has 0 aliphatic heterocycles. The molecule has 2 amide bonds. The molecule has 0 fully saturated rings. The number of anilines is 1. The molecule has 0 radical (unpaired) electrons. The zero-order valence-electron chi connectivity index (χ0n) is 8.83. The van der Waals surface area contributed by atoms with Gasteiger partial charge in [0.1, 0.15) is 4.90 Å². The van der Waals surface area contributed by atoms with Gasteiger partial charge in [0.15, 0.2) is 0 Å². The van der Waals surface area contributed by atoms with Crippen LogP contribution in [0.25, 0.3) is 0 Å². The summed E-state index contributed by atoms with van der Waals surface area (Å²) in [5.74, 6) is 0. The van der Waals surface area contributed by atoms with Crippen LogP contribution in [-0.2, 0) is 9.05 Å². The summed E-state index contributed by atoms with van der Waals surface area (Å²) in [6, 6.07) is 3.54. The fourth-order valence-corrected chi connectivity index (χ4v) is 2.64. The van der Waals surface area contributed by atoms with Gasteiger partial charge < -0.3 is 10.6 Å². The monoisotopic (exact) mass is 296 g/mol. The van der Waals surface area contributed by atoms with Crippen molar-refractivity contribution in [1.29, 1.82) is 0 Å². The average molecular weight is 297 g/mol. The highest BCUT2D eigenvalue weighted by Crippen LogP contribution is 2.27. The van der Waals surface area contributed by atoms with E-state index < -0.39 is 15.1 Å². The molecule has 0 bridgehead atoms. The summed E-state index contributed by atoms with van der Waals surface area (Å²) >= 11 is 5.74. The third kappa shape index (κ3) is 4.07. The second-order valence-corrected chi connectivity index (χ2v) is 6.01. The molecular weight excluding hydrogens is 287 g/mol. The number of carbonyl (C=O) groups is 1. The van der Waals surface area contributed by atoms with E-state index in [2.05, 4.69) is 10.6 Å². The van der Waals surface area contributed by atoms with Crippen molar-refractivity contribution >= 4 is 43.1 Å². The minimum absolute atomic E-state index is 0.0469. The van der Waals surface area contributed by atoms with Crippen molar-refractivity contribution < 1.29 is 13.2 Å². The summed E-state index contributed by atoms with van der Waals surface area (Å²) in [6.45, 7) is 2.25. The number of rotatable bonds is 3. The number of amides is 2. The Balaban J connectivity index is 2.94. The summed E-state index contributed by atoms with van der Waals surface area (Å²) in [5, 5.41) is 4.96. The summed E-state index contributed by atoms with van der Waals surface area (Å²) in [5.41, 5.74) is 0.380. The first-order chi connectivity index (χ1) is 7.84. The number of nitrogens with one attached hydrogen (secondary N) is 2. The molecule has 0 atom stereocenters. The van der Waals surface area contributed by atoms with E-state index in [1.807, 2.05) is 0 Å². The fourth-order valence-electron chi connectivity index (χ4n) is 1.11. The Labute approximate surface area is 109 Å². The quantitative estimate of drug-likeness (QED) is 0.841. The van der Waals surface area contributed by atoms with Gasteiger partial charge in [-0.2, -0.15) is 0 Å². The molecule has 5 nitrogen and oxygen atoms in total. The molecule has 0 saturated carbocycles. The third-order valence-electron chi connectivity index (χ3n) is 1.79. The number of hydrogen-bond donors (Lipinski definition) is 2. The molecular formula is C9H10Cl2N2O3S. The SMILES string of the molecule is CCNC(=O)Nc1ccc(S(=O)(=O)Cl)c(Cl)c1. The Morgan fingerprint density at radius 1 is 1.41 bits per heavy atom. The van der Waals surface area contributed by atoms with Gasteiger partial charge in [-0.25, -0.2) is 13.2 Å². The van der Waals surface area contributed by atoms with Crippen molar-refractivity contribution in [3.63, 3.8) is 0 Å². The lowest BCUT2D eigenvalue weighted by molar-refractivity contribution is 0.252. The molecule has 0 spiro atoms. The van der Waals surface area contributed by atoms with Crippen LogP contribution in [0.1, 0.15) is 6.92 Å². The zero-order chi connectivity index (χ0) is 13.1. The van der Waals surface area contributed by atoms with Gasteiger partial charge in [0.2, 0.25) is 0 Å². The second kappa shape index (κ2) is 5.57. The van der Waals surface area contributed by atoms with Crippen LogP contribution >= 0.6 is 22.3 Å². The second-order valence-electron chi connectivity index (χ2n) is 3.07. The lowest BCUT2D eigenvalue weighted by atomic mass is 10.3. The maximum atomic E-state index is 11.2. The van der Waals surface area contributed by atoms with Gasteiger partial charge in [-0.05, 0) is 25.1 Å². The fraction of sp³-hybridized carbons (Fsp3) is 0.222. The summed E-state index contributed by atoms with van der Waals surface area (Å²) < 4.78 is 22.1. The number of halogens is 2. The lowest BCUT2D eigenvalue weighted by Gasteiger charge is -2.07. The minimum atomic E-state index is -3.88. The Bertz CT molecular complexity index is 531. The number of carbonyl (C=O) groups excluding carboxylic acids is 1. The van der Waals surface area contributed by atoms with Crippen LogP contribution in [0.15, 0.2) is 23.1 Å². The topological polar surface area (TPSA) is 75.3 Å². The van der Waals surface area contributed by atoms with Crippen LogP contribution in [0, 0.1) is 0 Å². The molecule has 1 aromatic carbocycles. The van der Waals surface area contributed by atoms with E-state index in [-0.39, 0.29) is 9.92 Å². The van der Waals surface area contributed by atoms with Gasteiger partial charge in [-0.15, -0.1) is 0 Å². The molecule has 94 valence electrons. The normalized spacial score (nSPS) is 11.0. The van der Waals surface area contributed by atoms with E-state index in [1.54, 1.807) is 6.92 Å². The van der Waals surface area contributed by atoms with Gasteiger partial charge in [0.25, 0.3) is 9.05 Å². The van der Waals surface area contributed by atoms with Crippen molar-refractivity contribution in [3.8, 4) is 0 Å². The molecule has 0 unspecified atom stereocenters. The molecule has 1 rings (SSSR count). The zero-order valence-corrected chi connectivity index (χ0v) is 11.2. The molecule has 8 heteroatoms. The molecule has 17 heavy (non-hydrogen) atoms. The Morgan fingerprint density at radius 3 is 2.53 bits per heavy atom. The maximum absolute atomic E-state index is 11.2. The van der Waals surface area contributed by atoms with Gasteiger partial charge in [0.05, 0.1) is 5.02 Å². The Morgan fingerprint density at radius 2 is 2.06 bits per heavy atom. The van der Waals surface area contributed by atoms with Crippen LogP contribution in [0.5, 0.6) is 0 Å². The van der Waals surface area contributed by atoms with E-state index in [0.29, 0.717) is 12.2 Å². The van der Waals surface area contributed by atoms with Gasteiger partial charge in [-0.1, -0.05) is 11.6 Å². The maximum Gasteiger partial charge on any atom is 0.319 e. The molecule has 0 aliphatic rings. The van der Waals surface area contributed by atoms with Crippen molar-refractivity contribution in [3.05, 3.63) is 23.2 Å². The largest absolute Gasteiger partial charge is 0.338 e. The highest BCUT2D eigenvalue weighted by molar-refractivity contribution is 8.13. The van der Waals surface area contributed by atoms with Gasteiger partial charge >= 0.3 is 6.03 Å². The van der Waals surface area contributed by atoms with E-state index in [0.717, 1.165) is 0 Å². The highest BCUT2D eigenvalue weighted by Gasteiger charge is 2.15. The van der Waals surface area contributed by atoms with Gasteiger partial charge in [-0.3, -0.25) is 0 Å². The average Bonchev–Trinajstić information content (AvgIpc) is 2.15. The molecule has 0 heterocycles. The van der Waals surface area contributed by atoms with Crippen molar-refractivity contribution in [2.24, 2.45) is 0 Å². The number of benzene rings is 1. The van der Waals surface area contributed by atoms with Crippen molar-refractivity contribution in [2.75, 3.05) is 11.9 Å². The smallest absolute Gasteiger partial charge is 0.319 e. The molecule has 0 aromatic heterocycles. The Hall–Kier alpha value is -0.980. The van der Waals surface area contributed by atoms with Gasteiger partial charge in [0, 0.05) is 22.9 Å². The van der Waals surface area contributed by atoms with Crippen LogP contribution in [0.4, 0.5) is 10.5 Å². The summed E-state index contributed by atoms with van der Waals surface area (Å²) in [7, 11) is 1.28. The predicted octanol–water partition coefficient (Wildman–Crippen LogP) is 2.41. The van der Waals surface area contributed by atoms with Crippen molar-refractivity contribution in [1.82, 2.24) is 5.32 Å². The Kier molecular flexibility index (Phi) is 4.62. The molecule has 0 aliphatic carbocycles. The van der Waals surface area contributed by atoms with E-state index in [1.165, 1.54) is 18.2 Å². The molecule has 2 N–H and O–H groups in total. The third-order valence-corrected chi connectivity index (χ3v) is 3.59. The van der Waals surface area contributed by atoms with Crippen molar-refractivity contribution in [2.45, 2.75) is 11.8 Å². The summed E-state index contributed by atoms with van der Waals surface area (Å²) in [4.78, 5) is 11.0. The van der Waals surface area contributed by atoms with E-state index >= 15 is 0 Å². The first-order valence-corrected chi connectivity index (χ1v) is 7.32. The van der Waals surface area contributed by atoms with Crippen LogP contribution < -0.4 is 10.6 Å². The predicted molar refractivity (Wildman–Crippen MR) is 67.2 cm³/mol. The first-order valence-electron chi connectivity index (χ1n) is 4.63. The van der Waals surface area contributed by atoms with Crippen LogP contribution in [0.2, 0.25) is 5.02 Å². The first kappa shape index (κ1) is 14.1. The minimum Gasteiger partial charge on any atom is -0.338 e.